The van der Waals surface area contributed by atoms with Crippen molar-refractivity contribution in [3.63, 3.8) is 0 Å². The maximum Gasteiger partial charge on any atom is 0.119 e. The van der Waals surface area contributed by atoms with Crippen LogP contribution in [-0.2, 0) is 0 Å². The molecule has 2 rings (SSSR count). The van der Waals surface area contributed by atoms with Crippen LogP contribution in [0.1, 0.15) is 39.5 Å². The standard InChI is InChI=1S/C18H30N2O/c1-3-11-19-17-10-13-20(16(2)15-17)12-7-14-21-18-8-5-4-6-9-18/h4-6,8-9,16-17,19H,3,7,10-15H2,1-2H3. The summed E-state index contributed by atoms with van der Waals surface area (Å²) < 4.78 is 5.77. The summed E-state index contributed by atoms with van der Waals surface area (Å²) in [4.78, 5) is 2.61. The van der Waals surface area contributed by atoms with E-state index in [-0.39, 0.29) is 0 Å². The lowest BCUT2D eigenvalue weighted by Gasteiger charge is -2.38. The monoisotopic (exact) mass is 290 g/mol. The van der Waals surface area contributed by atoms with Crippen molar-refractivity contribution in [2.24, 2.45) is 0 Å². The van der Waals surface area contributed by atoms with E-state index in [1.54, 1.807) is 0 Å². The van der Waals surface area contributed by atoms with Crippen LogP contribution in [0.5, 0.6) is 5.75 Å². The van der Waals surface area contributed by atoms with Gasteiger partial charge in [-0.15, -0.1) is 0 Å². The summed E-state index contributed by atoms with van der Waals surface area (Å²) in [7, 11) is 0. The summed E-state index contributed by atoms with van der Waals surface area (Å²) in [6, 6.07) is 11.5. The van der Waals surface area contributed by atoms with E-state index in [4.69, 9.17) is 4.74 Å². The molecule has 118 valence electrons. The molecule has 1 aromatic rings. The molecule has 0 bridgehead atoms. The smallest absolute Gasteiger partial charge is 0.119 e. The van der Waals surface area contributed by atoms with Crippen molar-refractivity contribution in [1.29, 1.82) is 0 Å². The van der Waals surface area contributed by atoms with Gasteiger partial charge in [-0.25, -0.2) is 0 Å². The van der Waals surface area contributed by atoms with Gasteiger partial charge < -0.3 is 15.0 Å². The topological polar surface area (TPSA) is 24.5 Å². The van der Waals surface area contributed by atoms with E-state index in [2.05, 4.69) is 24.1 Å². The number of hydrogen-bond donors (Lipinski definition) is 1. The Hall–Kier alpha value is -1.06. The Bertz CT molecular complexity index is 382. The largest absolute Gasteiger partial charge is 0.494 e. The molecule has 2 unspecified atom stereocenters. The summed E-state index contributed by atoms with van der Waals surface area (Å²) in [5.74, 6) is 0.980. The van der Waals surface area contributed by atoms with Crippen LogP contribution in [0.25, 0.3) is 0 Å². The third-order valence-electron chi connectivity index (χ3n) is 4.30. The van der Waals surface area contributed by atoms with Crippen LogP contribution in [-0.4, -0.2) is 43.2 Å². The number of nitrogens with zero attached hydrogens (tertiary/aromatic N) is 1. The Kier molecular flexibility index (Phi) is 7.04. The second-order valence-electron chi connectivity index (χ2n) is 6.08. The molecule has 1 aliphatic heterocycles. The molecule has 0 spiro atoms. The molecule has 3 nitrogen and oxygen atoms in total. The first-order valence-electron chi connectivity index (χ1n) is 8.45. The van der Waals surface area contributed by atoms with Crippen molar-refractivity contribution < 1.29 is 4.74 Å². The van der Waals surface area contributed by atoms with Gasteiger partial charge >= 0.3 is 0 Å². The van der Waals surface area contributed by atoms with Gasteiger partial charge in [0.1, 0.15) is 5.75 Å². The first kappa shape index (κ1) is 16.3. The molecule has 0 amide bonds. The third-order valence-corrected chi connectivity index (χ3v) is 4.30. The zero-order valence-corrected chi connectivity index (χ0v) is 13.6. The Morgan fingerprint density at radius 3 is 2.81 bits per heavy atom. The number of rotatable bonds is 8. The van der Waals surface area contributed by atoms with E-state index in [1.165, 1.54) is 25.8 Å². The number of benzene rings is 1. The lowest BCUT2D eigenvalue weighted by atomic mass is 9.98. The molecule has 0 radical (unpaired) electrons. The Balaban J connectivity index is 1.61. The van der Waals surface area contributed by atoms with Crippen molar-refractivity contribution >= 4 is 0 Å². The van der Waals surface area contributed by atoms with Crippen LogP contribution in [0.2, 0.25) is 0 Å². The minimum absolute atomic E-state index is 0.685. The van der Waals surface area contributed by atoms with Crippen LogP contribution in [0, 0.1) is 0 Å². The summed E-state index contributed by atoms with van der Waals surface area (Å²) in [6.45, 7) is 8.92. The van der Waals surface area contributed by atoms with Crippen molar-refractivity contribution in [3.8, 4) is 5.75 Å². The molecule has 3 heteroatoms. The van der Waals surface area contributed by atoms with Gasteiger partial charge in [-0.3, -0.25) is 0 Å². The molecule has 2 atom stereocenters. The molecule has 1 N–H and O–H groups in total. The zero-order chi connectivity index (χ0) is 14.9. The van der Waals surface area contributed by atoms with E-state index in [0.29, 0.717) is 6.04 Å². The summed E-state index contributed by atoms with van der Waals surface area (Å²) in [5, 5.41) is 3.66. The van der Waals surface area contributed by atoms with Crippen LogP contribution in [0.3, 0.4) is 0 Å². The first-order valence-corrected chi connectivity index (χ1v) is 8.45. The van der Waals surface area contributed by atoms with E-state index in [1.807, 2.05) is 30.3 Å². The SMILES string of the molecule is CCCNC1CCN(CCCOc2ccccc2)C(C)C1. The highest BCUT2D eigenvalue weighted by Crippen LogP contribution is 2.17. The minimum atomic E-state index is 0.685. The van der Waals surface area contributed by atoms with Crippen LogP contribution in [0.15, 0.2) is 30.3 Å². The van der Waals surface area contributed by atoms with Crippen molar-refractivity contribution in [3.05, 3.63) is 30.3 Å². The van der Waals surface area contributed by atoms with Gasteiger partial charge in [-0.05, 0) is 57.8 Å². The van der Waals surface area contributed by atoms with E-state index in [0.717, 1.165) is 37.9 Å². The predicted octanol–water partition coefficient (Wildman–Crippen LogP) is 3.31. The van der Waals surface area contributed by atoms with Crippen LogP contribution >= 0.6 is 0 Å². The second kappa shape index (κ2) is 9.06. The quantitative estimate of drug-likeness (QED) is 0.743. The Labute approximate surface area is 129 Å². The number of likely N-dealkylation sites (tertiary alicyclic amines) is 1. The molecule has 21 heavy (non-hydrogen) atoms. The highest BCUT2D eigenvalue weighted by atomic mass is 16.5. The molecule has 1 aliphatic rings. The van der Waals surface area contributed by atoms with E-state index in [9.17, 15) is 0 Å². The summed E-state index contributed by atoms with van der Waals surface area (Å²) in [5.41, 5.74) is 0. The molecule has 1 fully saturated rings. The lowest BCUT2D eigenvalue weighted by molar-refractivity contribution is 0.127. The Morgan fingerprint density at radius 1 is 1.29 bits per heavy atom. The van der Waals surface area contributed by atoms with Gasteiger partial charge in [0.2, 0.25) is 0 Å². The Morgan fingerprint density at radius 2 is 2.10 bits per heavy atom. The van der Waals surface area contributed by atoms with Gasteiger partial charge in [-0.1, -0.05) is 25.1 Å². The molecule has 1 heterocycles. The van der Waals surface area contributed by atoms with Gasteiger partial charge in [0.25, 0.3) is 0 Å². The number of hydrogen-bond acceptors (Lipinski definition) is 3. The fourth-order valence-corrected chi connectivity index (χ4v) is 3.06. The highest BCUT2D eigenvalue weighted by Gasteiger charge is 2.24. The summed E-state index contributed by atoms with van der Waals surface area (Å²) in [6.07, 6.45) is 4.89. The van der Waals surface area contributed by atoms with Gasteiger partial charge in [0, 0.05) is 18.6 Å². The molecule has 0 aromatic heterocycles. The third kappa shape index (κ3) is 5.68. The van der Waals surface area contributed by atoms with Crippen LogP contribution in [0.4, 0.5) is 0 Å². The average molecular weight is 290 g/mol. The molecule has 1 aromatic carbocycles. The predicted molar refractivity (Wildman–Crippen MR) is 88.9 cm³/mol. The molecule has 0 saturated carbocycles. The van der Waals surface area contributed by atoms with Crippen molar-refractivity contribution in [2.75, 3.05) is 26.2 Å². The average Bonchev–Trinajstić information content (AvgIpc) is 2.52. The fraction of sp³-hybridized carbons (Fsp3) is 0.667. The number of nitrogens with one attached hydrogen (secondary N) is 1. The normalized spacial score (nSPS) is 23.1. The number of para-hydroxylation sites is 1. The molecule has 0 aliphatic carbocycles. The van der Waals surface area contributed by atoms with E-state index < -0.39 is 0 Å². The zero-order valence-electron chi connectivity index (χ0n) is 13.6. The van der Waals surface area contributed by atoms with E-state index >= 15 is 0 Å². The first-order chi connectivity index (χ1) is 10.3. The minimum Gasteiger partial charge on any atom is -0.494 e. The molecular formula is C18H30N2O. The summed E-state index contributed by atoms with van der Waals surface area (Å²) >= 11 is 0. The molecular weight excluding hydrogens is 260 g/mol. The van der Waals surface area contributed by atoms with Crippen molar-refractivity contribution in [1.82, 2.24) is 10.2 Å². The molecule has 1 saturated heterocycles. The van der Waals surface area contributed by atoms with Gasteiger partial charge in [0.05, 0.1) is 6.61 Å². The maximum absolute atomic E-state index is 5.77. The van der Waals surface area contributed by atoms with Crippen molar-refractivity contribution in [2.45, 2.75) is 51.6 Å². The lowest BCUT2D eigenvalue weighted by Crippen LogP contribution is -2.47. The van der Waals surface area contributed by atoms with Gasteiger partial charge in [0.15, 0.2) is 0 Å². The van der Waals surface area contributed by atoms with Crippen LogP contribution < -0.4 is 10.1 Å². The second-order valence-corrected chi connectivity index (χ2v) is 6.08. The maximum atomic E-state index is 5.77. The number of ether oxygens (including phenoxy) is 1. The number of piperidine rings is 1. The highest BCUT2D eigenvalue weighted by molar-refractivity contribution is 5.20. The van der Waals surface area contributed by atoms with Gasteiger partial charge in [-0.2, -0.15) is 0 Å². The fourth-order valence-electron chi connectivity index (χ4n) is 3.06.